The van der Waals surface area contributed by atoms with Crippen LogP contribution in [0.4, 0.5) is 4.79 Å². The van der Waals surface area contributed by atoms with Crippen LogP contribution in [-0.4, -0.2) is 47.8 Å². The topological polar surface area (TPSA) is 78.9 Å². The van der Waals surface area contributed by atoms with Crippen LogP contribution >= 0.6 is 11.3 Å². The van der Waals surface area contributed by atoms with E-state index >= 15 is 0 Å². The van der Waals surface area contributed by atoms with Gasteiger partial charge in [-0.25, -0.2) is 4.79 Å². The number of carboxylic acids is 1. The lowest BCUT2D eigenvalue weighted by Gasteiger charge is -2.30. The lowest BCUT2D eigenvalue weighted by atomic mass is 10.0. The fraction of sp³-hybridized carbons (Fsp3) is 0.571. The third-order valence-corrected chi connectivity index (χ3v) is 4.73. The predicted molar refractivity (Wildman–Crippen MR) is 79.4 cm³/mol. The molecule has 0 spiro atoms. The molecule has 21 heavy (non-hydrogen) atoms. The third kappa shape index (κ3) is 3.54. The number of likely N-dealkylation sites (N-methyl/N-ethyl adjacent to an activating group) is 1. The molecule has 1 aliphatic heterocycles. The summed E-state index contributed by atoms with van der Waals surface area (Å²) in [6, 6.07) is 3.14. The Morgan fingerprint density at radius 3 is 2.90 bits per heavy atom. The van der Waals surface area contributed by atoms with E-state index in [1.807, 2.05) is 31.4 Å². The number of carbonyl (C=O) groups excluding carboxylic acids is 1. The van der Waals surface area contributed by atoms with Gasteiger partial charge in [0.2, 0.25) is 0 Å². The van der Waals surface area contributed by atoms with E-state index in [1.165, 1.54) is 0 Å². The van der Waals surface area contributed by atoms with Gasteiger partial charge in [0.1, 0.15) is 5.92 Å². The van der Waals surface area contributed by atoms with Gasteiger partial charge < -0.3 is 20.1 Å². The molecule has 3 unspecified atom stereocenters. The van der Waals surface area contributed by atoms with Gasteiger partial charge >= 0.3 is 12.0 Å². The molecule has 1 aromatic heterocycles. The molecule has 0 aromatic carbocycles. The van der Waals surface area contributed by atoms with Gasteiger partial charge in [-0.1, -0.05) is 6.07 Å². The highest BCUT2D eigenvalue weighted by Crippen LogP contribution is 2.22. The smallest absolute Gasteiger partial charge is 0.318 e. The Morgan fingerprint density at radius 2 is 2.33 bits per heavy atom. The molecule has 1 aliphatic rings. The lowest BCUT2D eigenvalue weighted by molar-refractivity contribution is -0.142. The van der Waals surface area contributed by atoms with Gasteiger partial charge in [0.15, 0.2) is 0 Å². The Bertz CT molecular complexity index is 491. The SMILES string of the molecule is CCN(C(=O)NC(C)c1cccs1)C1COCC1C(=O)O. The minimum absolute atomic E-state index is 0.0999. The summed E-state index contributed by atoms with van der Waals surface area (Å²) in [5, 5.41) is 14.1. The Hall–Kier alpha value is -1.60. The van der Waals surface area contributed by atoms with Crippen molar-refractivity contribution in [3.63, 3.8) is 0 Å². The third-order valence-electron chi connectivity index (χ3n) is 3.68. The van der Waals surface area contributed by atoms with E-state index in [-0.39, 0.29) is 25.3 Å². The standard InChI is InChI=1S/C14H20N2O4S/c1-3-16(11-8-20-7-10(11)13(17)18)14(19)15-9(2)12-5-4-6-21-12/h4-6,9-11H,3,7-8H2,1-2H3,(H,15,19)(H,17,18). The Labute approximate surface area is 127 Å². The molecular weight excluding hydrogens is 292 g/mol. The predicted octanol–water partition coefficient (Wildman–Crippen LogP) is 1.94. The van der Waals surface area contributed by atoms with Gasteiger partial charge in [-0.05, 0) is 25.3 Å². The molecule has 2 amide bonds. The van der Waals surface area contributed by atoms with Crippen molar-refractivity contribution in [2.24, 2.45) is 5.92 Å². The van der Waals surface area contributed by atoms with Crippen molar-refractivity contribution in [2.45, 2.75) is 25.9 Å². The number of carbonyl (C=O) groups is 2. The average Bonchev–Trinajstić information content (AvgIpc) is 3.10. The first kappa shape index (κ1) is 15.8. The first-order valence-corrected chi connectivity index (χ1v) is 7.83. The van der Waals surface area contributed by atoms with E-state index in [0.717, 1.165) is 4.88 Å². The molecule has 0 saturated carbocycles. The molecule has 0 bridgehead atoms. The monoisotopic (exact) mass is 312 g/mol. The van der Waals surface area contributed by atoms with Gasteiger partial charge in [-0.2, -0.15) is 0 Å². The van der Waals surface area contributed by atoms with E-state index in [1.54, 1.807) is 16.2 Å². The maximum Gasteiger partial charge on any atom is 0.318 e. The number of hydrogen-bond donors (Lipinski definition) is 2. The van der Waals surface area contributed by atoms with Crippen LogP contribution < -0.4 is 5.32 Å². The van der Waals surface area contributed by atoms with Crippen LogP contribution in [0.3, 0.4) is 0 Å². The summed E-state index contributed by atoms with van der Waals surface area (Å²) in [7, 11) is 0. The maximum absolute atomic E-state index is 12.4. The van der Waals surface area contributed by atoms with E-state index in [9.17, 15) is 14.7 Å². The summed E-state index contributed by atoms with van der Waals surface area (Å²) < 4.78 is 5.24. The number of nitrogens with zero attached hydrogens (tertiary/aromatic N) is 1. The summed E-state index contributed by atoms with van der Waals surface area (Å²) in [6.07, 6.45) is 0. The second kappa shape index (κ2) is 6.91. The number of aliphatic carboxylic acids is 1. The van der Waals surface area contributed by atoms with Crippen LogP contribution in [0.1, 0.15) is 24.8 Å². The first-order chi connectivity index (χ1) is 10.0. The molecule has 116 valence electrons. The summed E-state index contributed by atoms with van der Waals surface area (Å²) >= 11 is 1.58. The molecule has 3 atom stereocenters. The van der Waals surface area contributed by atoms with Crippen LogP contribution in [0.15, 0.2) is 17.5 Å². The number of hydrogen-bond acceptors (Lipinski definition) is 4. The molecule has 1 fully saturated rings. The first-order valence-electron chi connectivity index (χ1n) is 6.95. The van der Waals surface area contributed by atoms with E-state index < -0.39 is 17.9 Å². The molecular formula is C14H20N2O4S. The van der Waals surface area contributed by atoms with Crippen molar-refractivity contribution in [3.05, 3.63) is 22.4 Å². The Morgan fingerprint density at radius 1 is 1.57 bits per heavy atom. The zero-order valence-electron chi connectivity index (χ0n) is 12.1. The van der Waals surface area contributed by atoms with Crippen LogP contribution in [0, 0.1) is 5.92 Å². The number of rotatable bonds is 5. The number of urea groups is 1. The van der Waals surface area contributed by atoms with Gasteiger partial charge in [0.05, 0.1) is 25.3 Å². The largest absolute Gasteiger partial charge is 0.481 e. The van der Waals surface area contributed by atoms with Crippen molar-refractivity contribution in [1.82, 2.24) is 10.2 Å². The highest BCUT2D eigenvalue weighted by atomic mass is 32.1. The van der Waals surface area contributed by atoms with Gasteiger partial charge in [0.25, 0.3) is 0 Å². The zero-order valence-corrected chi connectivity index (χ0v) is 12.9. The second-order valence-electron chi connectivity index (χ2n) is 5.02. The molecule has 0 aliphatic carbocycles. The Kier molecular flexibility index (Phi) is 5.19. The molecule has 7 heteroatoms. The number of ether oxygens (including phenoxy) is 1. The molecule has 2 heterocycles. The van der Waals surface area contributed by atoms with Crippen molar-refractivity contribution >= 4 is 23.3 Å². The van der Waals surface area contributed by atoms with Gasteiger partial charge in [-0.3, -0.25) is 4.79 Å². The minimum atomic E-state index is -0.921. The average molecular weight is 312 g/mol. The quantitative estimate of drug-likeness (QED) is 0.871. The summed E-state index contributed by atoms with van der Waals surface area (Å²) in [5.41, 5.74) is 0. The van der Waals surface area contributed by atoms with Crippen molar-refractivity contribution < 1.29 is 19.4 Å². The normalized spacial score (nSPS) is 22.8. The highest BCUT2D eigenvalue weighted by molar-refractivity contribution is 7.10. The number of thiophene rings is 1. The molecule has 2 rings (SSSR count). The number of carboxylic acid groups (broad SMARTS) is 1. The van der Waals surface area contributed by atoms with Crippen molar-refractivity contribution in [2.75, 3.05) is 19.8 Å². The van der Waals surface area contributed by atoms with Crippen LogP contribution in [0.2, 0.25) is 0 Å². The van der Waals surface area contributed by atoms with E-state index in [2.05, 4.69) is 5.32 Å². The molecule has 0 radical (unpaired) electrons. The van der Waals surface area contributed by atoms with Crippen LogP contribution in [0.25, 0.3) is 0 Å². The fourth-order valence-electron chi connectivity index (χ4n) is 2.49. The minimum Gasteiger partial charge on any atom is -0.481 e. The number of nitrogens with one attached hydrogen (secondary N) is 1. The molecule has 1 aromatic rings. The summed E-state index contributed by atoms with van der Waals surface area (Å²) in [5.74, 6) is -1.58. The Balaban J connectivity index is 2.03. The van der Waals surface area contributed by atoms with E-state index in [0.29, 0.717) is 6.54 Å². The molecule has 6 nitrogen and oxygen atoms in total. The summed E-state index contributed by atoms with van der Waals surface area (Å²) in [6.45, 7) is 4.63. The van der Waals surface area contributed by atoms with Crippen molar-refractivity contribution in [1.29, 1.82) is 0 Å². The summed E-state index contributed by atoms with van der Waals surface area (Å²) in [4.78, 5) is 26.3. The van der Waals surface area contributed by atoms with Crippen LogP contribution in [-0.2, 0) is 9.53 Å². The van der Waals surface area contributed by atoms with Gasteiger partial charge in [0, 0.05) is 11.4 Å². The second-order valence-corrected chi connectivity index (χ2v) is 6.00. The lowest BCUT2D eigenvalue weighted by Crippen LogP contribution is -2.50. The molecule has 2 N–H and O–H groups in total. The van der Waals surface area contributed by atoms with Crippen LogP contribution in [0.5, 0.6) is 0 Å². The zero-order chi connectivity index (χ0) is 15.4. The van der Waals surface area contributed by atoms with Gasteiger partial charge in [-0.15, -0.1) is 11.3 Å². The van der Waals surface area contributed by atoms with E-state index in [4.69, 9.17) is 4.74 Å². The highest BCUT2D eigenvalue weighted by Gasteiger charge is 2.39. The van der Waals surface area contributed by atoms with Crippen molar-refractivity contribution in [3.8, 4) is 0 Å². The maximum atomic E-state index is 12.4. The number of amides is 2. The fourth-order valence-corrected chi connectivity index (χ4v) is 3.23. The molecule has 1 saturated heterocycles.